The summed E-state index contributed by atoms with van der Waals surface area (Å²) in [6.07, 6.45) is 0. The van der Waals surface area contributed by atoms with Gasteiger partial charge in [0.1, 0.15) is 0 Å². The largest absolute Gasteiger partial charge is 0.722 e. The van der Waals surface area contributed by atoms with E-state index in [1.165, 1.54) is 0 Å². The van der Waals surface area contributed by atoms with Gasteiger partial charge in [0.25, 0.3) is 15.6 Å². The maximum Gasteiger partial charge on any atom is 0.722 e. The van der Waals surface area contributed by atoms with Crippen molar-refractivity contribution in [1.29, 1.82) is 0 Å². The van der Waals surface area contributed by atoms with Gasteiger partial charge in [-0.25, -0.2) is 0 Å². The second-order valence-corrected chi connectivity index (χ2v) is 7.82. The molecule has 0 bridgehead atoms. The number of benzene rings is 2. The van der Waals surface area contributed by atoms with Crippen molar-refractivity contribution in [3.63, 3.8) is 0 Å². The summed E-state index contributed by atoms with van der Waals surface area (Å²) in [5.41, 5.74) is 1.65. The topological polar surface area (TPSA) is 139 Å². The molecule has 0 spiro atoms. The average Bonchev–Trinajstić information content (AvgIpc) is 2.60. The maximum atomic E-state index is 11.2. The lowest BCUT2D eigenvalue weighted by Gasteiger charge is -2.20. The van der Waals surface area contributed by atoms with Gasteiger partial charge in [0.15, 0.2) is 14.8 Å². The summed E-state index contributed by atoms with van der Waals surface area (Å²) in [5, 5.41) is 35.0. The van der Waals surface area contributed by atoms with Crippen molar-refractivity contribution in [1.82, 2.24) is 0 Å². The van der Waals surface area contributed by atoms with Crippen LogP contribution < -0.4 is 10.4 Å². The van der Waals surface area contributed by atoms with E-state index in [0.29, 0.717) is 10.4 Å². The molecule has 2 rings (SSSR count). The van der Waals surface area contributed by atoms with Gasteiger partial charge in [0, 0.05) is 0 Å². The van der Waals surface area contributed by atoms with Crippen LogP contribution in [0, 0.1) is 44.2 Å². The van der Waals surface area contributed by atoms with Crippen LogP contribution in [0.4, 0.5) is 0 Å². The summed E-state index contributed by atoms with van der Waals surface area (Å²) in [7, 11) is -2.21. The predicted octanol–water partition coefficient (Wildman–Crippen LogP) is 0.910. The Kier molecular flexibility index (Phi) is 5.97. The number of aryl methyl sites for hydroxylation is 2. The second kappa shape index (κ2) is 8.01. The molecule has 141 valence electrons. The first-order valence-corrected chi connectivity index (χ1v) is 9.18. The van der Waals surface area contributed by atoms with Crippen molar-refractivity contribution in [2.45, 2.75) is 19.6 Å². The third kappa shape index (κ3) is 3.83. The molecule has 0 aliphatic heterocycles. The van der Waals surface area contributed by atoms with Crippen LogP contribution in [0.3, 0.4) is 0 Å². The Hall–Kier alpha value is -3.18. The molecule has 0 saturated heterocycles. The minimum absolute atomic E-state index is 0.709. The summed E-state index contributed by atoms with van der Waals surface area (Å²) in [4.78, 5) is 29.0. The quantitative estimate of drug-likeness (QED) is 0.282. The molecule has 0 unspecified atom stereocenters. The fourth-order valence-corrected chi connectivity index (χ4v) is 4.80. The summed E-state index contributed by atoms with van der Waals surface area (Å²) in [6, 6.07) is 14.2. The molecule has 2 aromatic carbocycles. The number of hydrogen-bond donors (Lipinski definition) is 0. The molecule has 2 aromatic rings. The summed E-state index contributed by atoms with van der Waals surface area (Å²) >= 11 is 0. The second-order valence-electron chi connectivity index (χ2n) is 5.79. The molecule has 0 saturated carbocycles. The lowest BCUT2D eigenvalue weighted by atomic mass is 10.2. The molecule has 27 heavy (non-hydrogen) atoms. The van der Waals surface area contributed by atoms with Crippen LogP contribution in [0.2, 0.25) is 0 Å². The zero-order valence-electron chi connectivity index (χ0n) is 14.5. The minimum Gasteiger partial charge on any atom is -0.387 e. The molecule has 0 fully saturated rings. The molecule has 0 aliphatic rings. The Balaban J connectivity index is 2.52. The van der Waals surface area contributed by atoms with Crippen LogP contribution >= 0.6 is 0 Å². The van der Waals surface area contributed by atoms with E-state index in [1.54, 1.807) is 36.4 Å². The van der Waals surface area contributed by atoms with Crippen LogP contribution in [0.5, 0.6) is 0 Å². The molecular formula is C16H16N3O7Si. The highest BCUT2D eigenvalue weighted by Gasteiger charge is 2.71. The van der Waals surface area contributed by atoms with Gasteiger partial charge < -0.3 is 4.43 Å². The molecule has 0 aliphatic carbocycles. The smallest absolute Gasteiger partial charge is 0.387 e. The standard InChI is InChI=1S/C16H16N3O7Si/c1-12-7-3-5-9-14(12)27(15-10-6-4-8-13(15)2)26-11-16(17(20)21,18(22)23)19(24)25/h3-10H,11H2,1-2H3. The number of nitro groups is 3. The maximum absolute atomic E-state index is 11.2. The van der Waals surface area contributed by atoms with Crippen molar-refractivity contribution >= 4 is 19.4 Å². The molecule has 0 atom stereocenters. The highest BCUT2D eigenvalue weighted by Crippen LogP contribution is 2.14. The molecule has 0 amide bonds. The van der Waals surface area contributed by atoms with Gasteiger partial charge in [-0.15, -0.1) is 0 Å². The predicted molar refractivity (Wildman–Crippen MR) is 97.0 cm³/mol. The van der Waals surface area contributed by atoms with Crippen molar-refractivity contribution < 1.29 is 19.2 Å². The first-order valence-electron chi connectivity index (χ1n) is 7.77. The van der Waals surface area contributed by atoms with E-state index in [-0.39, 0.29) is 0 Å². The molecule has 0 N–H and O–H groups in total. The normalized spacial score (nSPS) is 11.4. The lowest BCUT2D eigenvalue weighted by molar-refractivity contribution is -0.969. The highest BCUT2D eigenvalue weighted by molar-refractivity contribution is 6.80. The third-order valence-corrected chi connectivity index (χ3v) is 6.60. The number of rotatable bonds is 8. The summed E-state index contributed by atoms with van der Waals surface area (Å²) in [6.45, 7) is 2.34. The first kappa shape index (κ1) is 20.1. The van der Waals surface area contributed by atoms with Gasteiger partial charge in [0.2, 0.25) is 0 Å². The average molecular weight is 390 g/mol. The van der Waals surface area contributed by atoms with E-state index in [4.69, 9.17) is 4.43 Å². The fourth-order valence-electron chi connectivity index (χ4n) is 2.48. The zero-order valence-corrected chi connectivity index (χ0v) is 15.5. The Labute approximate surface area is 155 Å². The van der Waals surface area contributed by atoms with Crippen LogP contribution in [-0.4, -0.2) is 36.2 Å². The molecule has 0 heterocycles. The van der Waals surface area contributed by atoms with E-state index in [1.807, 2.05) is 26.0 Å². The Bertz CT molecular complexity index is 808. The summed E-state index contributed by atoms with van der Waals surface area (Å²) < 4.78 is 5.60. The van der Waals surface area contributed by atoms with E-state index in [9.17, 15) is 30.3 Å². The highest BCUT2D eigenvalue weighted by atomic mass is 28.3. The van der Waals surface area contributed by atoms with Crippen LogP contribution in [0.15, 0.2) is 48.5 Å². The molecular weight excluding hydrogens is 374 g/mol. The van der Waals surface area contributed by atoms with E-state index in [2.05, 4.69) is 0 Å². The first-order chi connectivity index (χ1) is 12.7. The third-order valence-electron chi connectivity index (χ3n) is 4.07. The van der Waals surface area contributed by atoms with Gasteiger partial charge in [-0.2, -0.15) is 0 Å². The zero-order chi connectivity index (χ0) is 20.2. The Morgan fingerprint density at radius 3 is 1.52 bits per heavy atom. The SMILES string of the molecule is Cc1ccccc1[Si](OCC([N+](=O)[O-])([N+](=O)[O-])[N+](=O)[O-])c1ccccc1C. The van der Waals surface area contributed by atoms with Gasteiger partial charge in [-0.3, -0.25) is 30.3 Å². The van der Waals surface area contributed by atoms with E-state index in [0.717, 1.165) is 11.1 Å². The Morgan fingerprint density at radius 1 is 0.815 bits per heavy atom. The molecule has 10 nitrogen and oxygen atoms in total. The van der Waals surface area contributed by atoms with Crippen molar-refractivity contribution in [2.75, 3.05) is 6.61 Å². The Morgan fingerprint density at radius 2 is 1.19 bits per heavy atom. The van der Waals surface area contributed by atoms with Gasteiger partial charge in [-0.1, -0.05) is 48.5 Å². The van der Waals surface area contributed by atoms with Gasteiger partial charge in [-0.05, 0) is 35.3 Å². The van der Waals surface area contributed by atoms with Crippen LogP contribution in [0.25, 0.3) is 0 Å². The van der Waals surface area contributed by atoms with Crippen molar-refractivity contribution in [2.24, 2.45) is 0 Å². The van der Waals surface area contributed by atoms with Crippen molar-refractivity contribution in [3.8, 4) is 0 Å². The summed E-state index contributed by atoms with van der Waals surface area (Å²) in [5.74, 6) is -3.65. The molecule has 1 radical (unpaired) electrons. The van der Waals surface area contributed by atoms with Gasteiger partial charge >= 0.3 is 5.79 Å². The monoisotopic (exact) mass is 390 g/mol. The minimum atomic E-state index is -3.65. The van der Waals surface area contributed by atoms with Crippen LogP contribution in [0.1, 0.15) is 11.1 Å². The van der Waals surface area contributed by atoms with Crippen LogP contribution in [-0.2, 0) is 4.43 Å². The molecule has 0 aromatic heterocycles. The van der Waals surface area contributed by atoms with E-state index >= 15 is 0 Å². The van der Waals surface area contributed by atoms with E-state index < -0.39 is 36.2 Å². The number of hydrogen-bond acceptors (Lipinski definition) is 7. The number of nitrogens with zero attached hydrogens (tertiary/aromatic N) is 3. The van der Waals surface area contributed by atoms with Crippen molar-refractivity contribution in [3.05, 3.63) is 90.0 Å². The molecule has 11 heteroatoms. The fraction of sp³-hybridized carbons (Fsp3) is 0.250. The lowest BCUT2D eigenvalue weighted by Crippen LogP contribution is -2.59. The van der Waals surface area contributed by atoms with Gasteiger partial charge in [0.05, 0.1) is 0 Å².